The quantitative estimate of drug-likeness (QED) is 0.190. The molecule has 0 saturated carbocycles. The van der Waals surface area contributed by atoms with Gasteiger partial charge in [0.1, 0.15) is 0 Å². The van der Waals surface area contributed by atoms with Crippen molar-refractivity contribution in [2.45, 2.75) is 50.4 Å². The zero-order valence-corrected chi connectivity index (χ0v) is 24.1. The molecule has 0 spiro atoms. The van der Waals surface area contributed by atoms with Gasteiger partial charge in [-0.25, -0.2) is 0 Å². The van der Waals surface area contributed by atoms with Gasteiger partial charge in [0.25, 0.3) is 0 Å². The van der Waals surface area contributed by atoms with Crippen LogP contribution in [0.3, 0.4) is 0 Å². The number of fused-ring (bicyclic) bond motifs is 1. The molecular formula is C31H42F3N6O2+. The lowest BCUT2D eigenvalue weighted by molar-refractivity contribution is -0.907. The number of carbonyl (C=O) groups is 2. The van der Waals surface area contributed by atoms with Crippen molar-refractivity contribution in [2.75, 3.05) is 39.8 Å². The number of hydrogen-bond acceptors (Lipinski definition) is 6. The molecule has 2 atom stereocenters. The van der Waals surface area contributed by atoms with E-state index in [0.717, 1.165) is 48.2 Å². The third-order valence-corrected chi connectivity index (χ3v) is 7.64. The number of rotatable bonds is 16. The molecule has 2 aromatic carbocycles. The molecule has 0 aliphatic heterocycles. The Bertz CT molecular complexity index is 1310. The molecule has 0 aliphatic rings. The number of hydrogen-bond donors (Lipinski definition) is 4. The Balaban J connectivity index is 1.68. The van der Waals surface area contributed by atoms with E-state index in [0.29, 0.717) is 42.4 Å². The van der Waals surface area contributed by atoms with E-state index in [1.165, 1.54) is 12.1 Å². The van der Waals surface area contributed by atoms with Gasteiger partial charge < -0.3 is 27.0 Å². The summed E-state index contributed by atoms with van der Waals surface area (Å²) in [6, 6.07) is 12.4. The van der Waals surface area contributed by atoms with Crippen molar-refractivity contribution >= 4 is 22.6 Å². The molecule has 0 aliphatic carbocycles. The Morgan fingerprint density at radius 2 is 1.62 bits per heavy atom. The van der Waals surface area contributed by atoms with Crippen LogP contribution >= 0.6 is 0 Å². The van der Waals surface area contributed by atoms with Crippen molar-refractivity contribution in [1.29, 1.82) is 0 Å². The second-order valence-corrected chi connectivity index (χ2v) is 11.1. The topological polar surface area (TPSA) is 137 Å². The van der Waals surface area contributed by atoms with Crippen LogP contribution < -0.4 is 22.5 Å². The van der Waals surface area contributed by atoms with Gasteiger partial charge in [-0.1, -0.05) is 24.3 Å². The number of nitrogens with one attached hydrogen (secondary N) is 1. The molecule has 11 heteroatoms. The number of aromatic nitrogens is 1. The predicted molar refractivity (Wildman–Crippen MR) is 158 cm³/mol. The summed E-state index contributed by atoms with van der Waals surface area (Å²) >= 11 is 0. The van der Waals surface area contributed by atoms with Crippen molar-refractivity contribution in [3.63, 3.8) is 0 Å². The number of aryl methyl sites for hydroxylation is 1. The molecule has 1 amide bonds. The monoisotopic (exact) mass is 587 g/mol. The SMILES string of the molecule is C[N+](CCN)(CCN)CCC[C@H](N)C(=O)N[C@H](CCc1ccc(C(F)(F)F)cc1)C(=O)Cc1ccc2ncccc2c1. The van der Waals surface area contributed by atoms with Crippen LogP contribution in [0.4, 0.5) is 13.2 Å². The first-order valence-electron chi connectivity index (χ1n) is 14.3. The maximum absolute atomic E-state index is 13.5. The first kappa shape index (κ1) is 33.1. The second-order valence-electron chi connectivity index (χ2n) is 11.1. The van der Waals surface area contributed by atoms with Gasteiger partial charge in [-0.15, -0.1) is 0 Å². The van der Waals surface area contributed by atoms with Crippen LogP contribution in [0.15, 0.2) is 60.8 Å². The van der Waals surface area contributed by atoms with E-state index in [2.05, 4.69) is 17.3 Å². The lowest BCUT2D eigenvalue weighted by Gasteiger charge is -2.34. The van der Waals surface area contributed by atoms with Crippen LogP contribution in [0, 0.1) is 0 Å². The molecule has 3 rings (SSSR count). The molecule has 228 valence electrons. The van der Waals surface area contributed by atoms with E-state index in [-0.39, 0.29) is 18.6 Å². The molecule has 42 heavy (non-hydrogen) atoms. The van der Waals surface area contributed by atoms with Crippen LogP contribution in [0.1, 0.15) is 36.0 Å². The van der Waals surface area contributed by atoms with Gasteiger partial charge in [0.15, 0.2) is 5.78 Å². The third-order valence-electron chi connectivity index (χ3n) is 7.64. The van der Waals surface area contributed by atoms with E-state index in [1.807, 2.05) is 30.3 Å². The summed E-state index contributed by atoms with van der Waals surface area (Å²) in [7, 11) is 2.07. The standard InChI is InChI=1S/C31H41F3N6O2/c1-40(18-14-35,19-15-36)17-3-5-26(37)30(42)39-28(13-8-22-6-10-25(11-7-22)31(32,33)34)29(41)21-23-9-12-27-24(20-23)4-2-16-38-27/h2,4,6-7,9-12,16,20,26,28H,3,5,8,13-15,17-19,21,35-37H2,1H3/p+1/t26-,28+/m0/s1. The average molecular weight is 588 g/mol. The highest BCUT2D eigenvalue weighted by atomic mass is 19.4. The highest BCUT2D eigenvalue weighted by molar-refractivity contribution is 5.92. The zero-order valence-electron chi connectivity index (χ0n) is 24.1. The number of pyridine rings is 1. The van der Waals surface area contributed by atoms with Gasteiger partial charge in [-0.2, -0.15) is 13.2 Å². The van der Waals surface area contributed by atoms with Gasteiger partial charge in [0.05, 0.1) is 49.8 Å². The third kappa shape index (κ3) is 9.87. The number of halogens is 3. The Morgan fingerprint density at radius 1 is 0.952 bits per heavy atom. The molecule has 0 radical (unpaired) electrons. The minimum absolute atomic E-state index is 0.0754. The van der Waals surface area contributed by atoms with E-state index in [4.69, 9.17) is 17.2 Å². The van der Waals surface area contributed by atoms with Crippen molar-refractivity contribution in [2.24, 2.45) is 17.2 Å². The maximum atomic E-state index is 13.5. The van der Waals surface area contributed by atoms with Gasteiger partial charge >= 0.3 is 6.18 Å². The van der Waals surface area contributed by atoms with E-state index < -0.39 is 29.7 Å². The zero-order chi connectivity index (χ0) is 30.8. The average Bonchev–Trinajstić information content (AvgIpc) is 2.95. The predicted octanol–water partition coefficient (Wildman–Crippen LogP) is 2.95. The van der Waals surface area contributed by atoms with E-state index in [9.17, 15) is 22.8 Å². The number of quaternary nitrogens is 1. The fourth-order valence-electron chi connectivity index (χ4n) is 5.11. The Kier molecular flexibility index (Phi) is 12.0. The summed E-state index contributed by atoms with van der Waals surface area (Å²) in [5.74, 6) is -0.642. The van der Waals surface area contributed by atoms with Crippen molar-refractivity contribution in [1.82, 2.24) is 10.3 Å². The summed E-state index contributed by atoms with van der Waals surface area (Å²) < 4.78 is 39.6. The lowest BCUT2D eigenvalue weighted by atomic mass is 9.96. The molecule has 0 fully saturated rings. The number of ketones is 1. The number of amides is 1. The summed E-state index contributed by atoms with van der Waals surface area (Å²) in [5, 5.41) is 3.72. The molecule has 0 unspecified atom stereocenters. The van der Waals surface area contributed by atoms with Gasteiger partial charge in [-0.3, -0.25) is 14.6 Å². The summed E-state index contributed by atoms with van der Waals surface area (Å²) in [6.45, 7) is 3.36. The normalized spacial score (nSPS) is 13.6. The number of alkyl halides is 3. The first-order chi connectivity index (χ1) is 19.9. The van der Waals surface area contributed by atoms with Crippen molar-refractivity contribution in [3.8, 4) is 0 Å². The number of benzene rings is 2. The second kappa shape index (κ2) is 15.2. The minimum atomic E-state index is -4.43. The van der Waals surface area contributed by atoms with Crippen LogP contribution in [0.25, 0.3) is 10.9 Å². The maximum Gasteiger partial charge on any atom is 0.416 e. The Labute approximate surface area is 245 Å². The first-order valence-corrected chi connectivity index (χ1v) is 14.3. The molecule has 1 heterocycles. The number of carbonyl (C=O) groups excluding carboxylic acids is 2. The van der Waals surface area contributed by atoms with Gasteiger partial charge in [0, 0.05) is 31.1 Å². The summed E-state index contributed by atoms with van der Waals surface area (Å²) in [4.78, 5) is 30.8. The van der Waals surface area contributed by atoms with E-state index >= 15 is 0 Å². The number of nitrogens with two attached hydrogens (primary N) is 3. The smallest absolute Gasteiger partial charge is 0.345 e. The van der Waals surface area contributed by atoms with Crippen LogP contribution in [-0.4, -0.2) is 73.0 Å². The number of nitrogens with zero attached hydrogens (tertiary/aromatic N) is 2. The fraction of sp³-hybridized carbons (Fsp3) is 0.452. The molecule has 1 aromatic heterocycles. The lowest BCUT2D eigenvalue weighted by Crippen LogP contribution is -2.52. The van der Waals surface area contributed by atoms with Crippen LogP contribution in [0.2, 0.25) is 0 Å². The molecule has 7 N–H and O–H groups in total. The Morgan fingerprint density at radius 3 is 2.26 bits per heavy atom. The molecule has 3 aromatic rings. The highest BCUT2D eigenvalue weighted by Gasteiger charge is 2.30. The molecule has 0 saturated heterocycles. The number of likely N-dealkylation sites (N-methyl/N-ethyl adjacent to an activating group) is 1. The summed E-state index contributed by atoms with van der Waals surface area (Å²) in [5.41, 5.74) is 19.2. The van der Waals surface area contributed by atoms with Crippen molar-refractivity contribution < 1.29 is 27.2 Å². The van der Waals surface area contributed by atoms with E-state index in [1.54, 1.807) is 6.20 Å². The van der Waals surface area contributed by atoms with Gasteiger partial charge in [0.2, 0.25) is 5.91 Å². The number of Topliss-reactive ketones (excluding diaryl/α,β-unsaturated/α-hetero) is 1. The van der Waals surface area contributed by atoms with Crippen LogP contribution in [0.5, 0.6) is 0 Å². The molecule has 0 bridgehead atoms. The van der Waals surface area contributed by atoms with Crippen LogP contribution in [-0.2, 0) is 28.6 Å². The van der Waals surface area contributed by atoms with Gasteiger partial charge in [-0.05, 0) is 67.1 Å². The highest BCUT2D eigenvalue weighted by Crippen LogP contribution is 2.29. The summed E-state index contributed by atoms with van der Waals surface area (Å²) in [6.07, 6.45) is -1.03. The minimum Gasteiger partial charge on any atom is -0.345 e. The molecular weight excluding hydrogens is 545 g/mol. The largest absolute Gasteiger partial charge is 0.416 e. The Hall–Kier alpha value is -3.38. The fourth-order valence-corrected chi connectivity index (χ4v) is 5.11. The molecule has 8 nitrogen and oxygen atoms in total. The van der Waals surface area contributed by atoms with Crippen molar-refractivity contribution in [3.05, 3.63) is 77.5 Å².